The maximum absolute atomic E-state index is 9.88. The molecule has 3 aromatic rings. The van der Waals surface area contributed by atoms with Crippen LogP contribution >= 0.6 is 15.9 Å². The van der Waals surface area contributed by atoms with Crippen LogP contribution in [0, 0.1) is 6.92 Å². The van der Waals surface area contributed by atoms with Crippen molar-refractivity contribution < 1.29 is 4.79 Å². The van der Waals surface area contributed by atoms with Crippen molar-refractivity contribution in [1.82, 2.24) is 15.4 Å². The summed E-state index contributed by atoms with van der Waals surface area (Å²) in [5.41, 5.74) is 6.39. The molecule has 0 saturated heterocycles. The topological polar surface area (TPSA) is 82.2 Å². The fourth-order valence-electron chi connectivity index (χ4n) is 2.04. The predicted octanol–water partition coefficient (Wildman–Crippen LogP) is 4.86. The van der Waals surface area contributed by atoms with Gasteiger partial charge >= 0.3 is 0 Å². The summed E-state index contributed by atoms with van der Waals surface area (Å²) in [6, 6.07) is 13.8. The fourth-order valence-corrected chi connectivity index (χ4v) is 2.43. The second-order valence-electron chi connectivity index (χ2n) is 5.15. The number of hydrogen-bond acceptors (Lipinski definition) is 4. The van der Waals surface area contributed by atoms with Crippen LogP contribution in [-0.4, -0.2) is 29.1 Å². The zero-order valence-corrected chi connectivity index (χ0v) is 17.7. The summed E-state index contributed by atoms with van der Waals surface area (Å²) in [4.78, 5) is 17.4. The minimum atomic E-state index is 0.528. The summed E-state index contributed by atoms with van der Waals surface area (Å²) in [7, 11) is 0. The molecule has 0 saturated carbocycles. The van der Waals surface area contributed by atoms with Gasteiger partial charge < -0.3 is 10.3 Å². The highest BCUT2D eigenvalue weighted by Crippen LogP contribution is 2.16. The molecule has 0 fully saturated rings. The zero-order chi connectivity index (χ0) is 20.1. The number of aromatic amines is 1. The highest BCUT2D eigenvalue weighted by molar-refractivity contribution is 9.10. The second-order valence-corrected chi connectivity index (χ2v) is 6.00. The molecule has 7 heteroatoms. The molecule has 3 N–H and O–H groups in total. The van der Waals surface area contributed by atoms with Crippen LogP contribution in [0.1, 0.15) is 31.9 Å². The van der Waals surface area contributed by atoms with Crippen LogP contribution in [0.4, 0.5) is 5.95 Å². The van der Waals surface area contributed by atoms with E-state index in [0.29, 0.717) is 6.41 Å². The number of carbonyl (C=O) groups excluding carboxylic acids is 1. The summed E-state index contributed by atoms with van der Waals surface area (Å²) in [5, 5.41) is 6.80. The first-order valence-electron chi connectivity index (χ1n) is 8.81. The summed E-state index contributed by atoms with van der Waals surface area (Å²) in [6.07, 6.45) is 2.11. The number of H-pyrrole nitrogens is 1. The van der Waals surface area contributed by atoms with Gasteiger partial charge in [0.15, 0.2) is 0 Å². The van der Waals surface area contributed by atoms with Crippen molar-refractivity contribution in [2.24, 2.45) is 5.10 Å². The van der Waals surface area contributed by atoms with Crippen molar-refractivity contribution in [2.45, 2.75) is 27.7 Å². The van der Waals surface area contributed by atoms with Gasteiger partial charge in [0.1, 0.15) is 0 Å². The van der Waals surface area contributed by atoms with E-state index >= 15 is 0 Å². The Morgan fingerprint density at radius 2 is 1.96 bits per heavy atom. The largest absolute Gasteiger partial charge is 0.356 e. The Morgan fingerprint density at radius 1 is 1.22 bits per heavy atom. The molecule has 3 rings (SSSR count). The number of aromatic nitrogens is 2. The molecule has 0 unspecified atom stereocenters. The molecule has 0 atom stereocenters. The SMILES string of the molecule is CC.CCNc1nc2ccccc2[nH]1.Cc1ccc(/C=N/NC=O)cc1Br. The summed E-state index contributed by atoms with van der Waals surface area (Å²) in [6.45, 7) is 8.95. The van der Waals surface area contributed by atoms with Crippen molar-refractivity contribution >= 4 is 45.5 Å². The summed E-state index contributed by atoms with van der Waals surface area (Å²) < 4.78 is 1.03. The van der Waals surface area contributed by atoms with E-state index in [1.165, 1.54) is 5.56 Å². The van der Waals surface area contributed by atoms with E-state index in [0.717, 1.165) is 33.6 Å². The van der Waals surface area contributed by atoms with Crippen molar-refractivity contribution in [2.75, 3.05) is 11.9 Å². The molecule has 2 aromatic carbocycles. The molecule has 1 aromatic heterocycles. The van der Waals surface area contributed by atoms with E-state index in [1.54, 1.807) is 6.21 Å². The third-order valence-corrected chi connectivity index (χ3v) is 4.12. The highest BCUT2D eigenvalue weighted by atomic mass is 79.9. The van der Waals surface area contributed by atoms with Crippen molar-refractivity contribution in [1.29, 1.82) is 0 Å². The van der Waals surface area contributed by atoms with E-state index in [4.69, 9.17) is 0 Å². The van der Waals surface area contributed by atoms with Gasteiger partial charge in [-0.05, 0) is 43.2 Å². The van der Waals surface area contributed by atoms with E-state index in [-0.39, 0.29) is 0 Å². The van der Waals surface area contributed by atoms with Gasteiger partial charge in [-0.15, -0.1) is 0 Å². The molecular formula is C20H26BrN5O. The number of para-hydroxylation sites is 2. The van der Waals surface area contributed by atoms with Crippen molar-refractivity contribution in [3.05, 3.63) is 58.1 Å². The van der Waals surface area contributed by atoms with Crippen LogP contribution in [-0.2, 0) is 4.79 Å². The molecular weight excluding hydrogens is 406 g/mol. The molecule has 0 aliphatic carbocycles. The number of rotatable bonds is 5. The number of fused-ring (bicyclic) bond motifs is 1. The maximum atomic E-state index is 9.88. The quantitative estimate of drug-likeness (QED) is 0.306. The van der Waals surface area contributed by atoms with Gasteiger partial charge in [0.25, 0.3) is 0 Å². The number of amides is 1. The first-order valence-corrected chi connectivity index (χ1v) is 9.60. The fraction of sp³-hybridized carbons (Fsp3) is 0.250. The highest BCUT2D eigenvalue weighted by Gasteiger charge is 1.98. The van der Waals surface area contributed by atoms with Crippen molar-refractivity contribution in [3.63, 3.8) is 0 Å². The number of nitrogens with one attached hydrogen (secondary N) is 3. The van der Waals surface area contributed by atoms with Crippen LogP contribution in [0.3, 0.4) is 0 Å². The molecule has 144 valence electrons. The molecule has 0 aliphatic heterocycles. The first kappa shape index (κ1) is 22.4. The lowest BCUT2D eigenvalue weighted by molar-refractivity contribution is -0.109. The van der Waals surface area contributed by atoms with Gasteiger partial charge in [0.2, 0.25) is 12.4 Å². The van der Waals surface area contributed by atoms with Gasteiger partial charge in [0.05, 0.1) is 17.2 Å². The summed E-state index contributed by atoms with van der Waals surface area (Å²) >= 11 is 3.40. The molecule has 6 nitrogen and oxygen atoms in total. The standard InChI is InChI=1S/C9H9BrN2O.C9H11N3.C2H6/c1-7-2-3-8(4-9(7)10)5-11-12-6-13;1-2-10-9-11-7-5-3-4-6-8(7)12-9;1-2/h2-6H,1H3,(H,12,13);3-6H,2H2,1H3,(H2,10,11,12);1-2H3/b11-5+;;. The average molecular weight is 432 g/mol. The summed E-state index contributed by atoms with van der Waals surface area (Å²) in [5.74, 6) is 0.846. The number of benzene rings is 2. The maximum Gasteiger partial charge on any atom is 0.227 e. The Balaban J connectivity index is 0.000000248. The van der Waals surface area contributed by atoms with Gasteiger partial charge in [0, 0.05) is 11.0 Å². The number of imidazole rings is 1. The predicted molar refractivity (Wildman–Crippen MR) is 117 cm³/mol. The Morgan fingerprint density at radius 3 is 2.59 bits per heavy atom. The van der Waals surface area contributed by atoms with E-state index in [1.807, 2.05) is 70.2 Å². The minimum Gasteiger partial charge on any atom is -0.356 e. The Bertz CT molecular complexity index is 827. The molecule has 0 aliphatic rings. The number of aryl methyl sites for hydroxylation is 1. The van der Waals surface area contributed by atoms with E-state index in [2.05, 4.69) is 41.7 Å². The molecule has 0 spiro atoms. The van der Waals surface area contributed by atoms with Gasteiger partial charge in [-0.1, -0.05) is 54.0 Å². The monoisotopic (exact) mass is 431 g/mol. The van der Waals surface area contributed by atoms with Gasteiger partial charge in [-0.25, -0.2) is 10.4 Å². The Labute approximate surface area is 168 Å². The third kappa shape index (κ3) is 7.62. The molecule has 27 heavy (non-hydrogen) atoms. The lowest BCUT2D eigenvalue weighted by Gasteiger charge is -1.98. The lowest BCUT2D eigenvalue weighted by Crippen LogP contribution is -2.00. The van der Waals surface area contributed by atoms with E-state index in [9.17, 15) is 4.79 Å². The van der Waals surface area contributed by atoms with Gasteiger partial charge in [-0.3, -0.25) is 4.79 Å². The number of anilines is 1. The zero-order valence-electron chi connectivity index (χ0n) is 16.1. The minimum absolute atomic E-state index is 0.528. The van der Waals surface area contributed by atoms with Crippen molar-refractivity contribution in [3.8, 4) is 0 Å². The van der Waals surface area contributed by atoms with Crippen LogP contribution < -0.4 is 10.7 Å². The first-order chi connectivity index (χ1) is 13.1. The number of carbonyl (C=O) groups is 1. The van der Waals surface area contributed by atoms with E-state index < -0.39 is 0 Å². The average Bonchev–Trinajstić information content (AvgIpc) is 3.10. The number of nitrogens with zero attached hydrogens (tertiary/aromatic N) is 2. The number of hydrazone groups is 1. The molecule has 1 amide bonds. The smallest absolute Gasteiger partial charge is 0.227 e. The van der Waals surface area contributed by atoms with Crippen LogP contribution in [0.2, 0.25) is 0 Å². The molecule has 0 bridgehead atoms. The molecule has 0 radical (unpaired) electrons. The molecule has 1 heterocycles. The second kappa shape index (κ2) is 12.6. The van der Waals surface area contributed by atoms with Crippen LogP contribution in [0.15, 0.2) is 52.0 Å². The van der Waals surface area contributed by atoms with Crippen LogP contribution in [0.5, 0.6) is 0 Å². The lowest BCUT2D eigenvalue weighted by atomic mass is 10.2. The Kier molecular flexibility index (Phi) is 10.5. The number of halogens is 1. The van der Waals surface area contributed by atoms with Crippen LogP contribution in [0.25, 0.3) is 11.0 Å². The Hall–Kier alpha value is -2.67. The van der Waals surface area contributed by atoms with Gasteiger partial charge in [-0.2, -0.15) is 5.10 Å². The number of hydrogen-bond donors (Lipinski definition) is 3. The third-order valence-electron chi connectivity index (χ3n) is 3.27. The normalized spacial score (nSPS) is 9.81.